The molecule has 4 unspecified atom stereocenters. The number of hydrogen-bond donors (Lipinski definition) is 0. The SMILES string of the molecule is CCCC(C(=O)OCC)c1nc(C2CC3CCC2C3)no1. The Morgan fingerprint density at radius 3 is 2.86 bits per heavy atom. The minimum absolute atomic E-state index is 0.248. The molecule has 3 rings (SSSR count). The molecule has 21 heavy (non-hydrogen) atoms. The molecule has 2 aliphatic rings. The van der Waals surface area contributed by atoms with E-state index in [9.17, 15) is 4.79 Å². The molecule has 0 aromatic carbocycles. The first-order valence-corrected chi connectivity index (χ1v) is 8.23. The predicted molar refractivity (Wildman–Crippen MR) is 76.8 cm³/mol. The van der Waals surface area contributed by atoms with Gasteiger partial charge in [0.1, 0.15) is 5.92 Å². The first kappa shape index (κ1) is 14.5. The first-order valence-electron chi connectivity index (χ1n) is 8.23. The summed E-state index contributed by atoms with van der Waals surface area (Å²) in [4.78, 5) is 16.6. The Labute approximate surface area is 125 Å². The summed E-state index contributed by atoms with van der Waals surface area (Å²) in [5.74, 6) is 2.59. The third kappa shape index (κ3) is 2.83. The minimum atomic E-state index is -0.408. The number of esters is 1. The average Bonchev–Trinajstić information content (AvgIpc) is 3.20. The summed E-state index contributed by atoms with van der Waals surface area (Å²) in [5, 5.41) is 4.17. The number of nitrogens with zero attached hydrogens (tertiary/aromatic N) is 2. The van der Waals surface area contributed by atoms with E-state index in [1.807, 2.05) is 13.8 Å². The van der Waals surface area contributed by atoms with Gasteiger partial charge >= 0.3 is 5.97 Å². The first-order chi connectivity index (χ1) is 10.2. The second-order valence-electron chi connectivity index (χ2n) is 6.37. The largest absolute Gasteiger partial charge is 0.465 e. The Bertz CT molecular complexity index is 499. The van der Waals surface area contributed by atoms with Gasteiger partial charge in [-0.15, -0.1) is 0 Å². The van der Waals surface area contributed by atoms with Gasteiger partial charge in [-0.05, 0) is 44.4 Å². The molecule has 2 saturated carbocycles. The zero-order valence-corrected chi connectivity index (χ0v) is 12.9. The summed E-state index contributed by atoms with van der Waals surface area (Å²) < 4.78 is 10.5. The molecule has 5 nitrogen and oxygen atoms in total. The quantitative estimate of drug-likeness (QED) is 0.752. The highest BCUT2D eigenvalue weighted by Crippen LogP contribution is 2.52. The van der Waals surface area contributed by atoms with Gasteiger partial charge in [-0.25, -0.2) is 0 Å². The second-order valence-corrected chi connectivity index (χ2v) is 6.37. The minimum Gasteiger partial charge on any atom is -0.465 e. The monoisotopic (exact) mass is 292 g/mol. The van der Waals surface area contributed by atoms with Crippen LogP contribution in [0.3, 0.4) is 0 Å². The summed E-state index contributed by atoms with van der Waals surface area (Å²) >= 11 is 0. The standard InChI is InChI=1S/C16H24N2O3/c1-3-5-12(16(19)20-4-2)15-17-14(18-21-15)13-9-10-6-7-11(13)8-10/h10-13H,3-9H2,1-2H3. The Balaban J connectivity index is 1.74. The maximum absolute atomic E-state index is 12.0. The van der Waals surface area contributed by atoms with Crippen molar-refractivity contribution in [3.05, 3.63) is 11.7 Å². The molecule has 2 aliphatic carbocycles. The van der Waals surface area contributed by atoms with E-state index in [1.54, 1.807) is 0 Å². The maximum Gasteiger partial charge on any atom is 0.318 e. The zero-order chi connectivity index (χ0) is 14.8. The third-order valence-electron chi connectivity index (χ3n) is 4.97. The van der Waals surface area contributed by atoms with Crippen molar-refractivity contribution >= 4 is 5.97 Å². The molecule has 116 valence electrons. The zero-order valence-electron chi connectivity index (χ0n) is 12.9. The van der Waals surface area contributed by atoms with Gasteiger partial charge in [0.25, 0.3) is 0 Å². The van der Waals surface area contributed by atoms with Crippen LogP contribution in [0.25, 0.3) is 0 Å². The van der Waals surface area contributed by atoms with Crippen molar-refractivity contribution in [2.75, 3.05) is 6.61 Å². The highest BCUT2D eigenvalue weighted by Gasteiger charge is 2.42. The van der Waals surface area contributed by atoms with Crippen molar-refractivity contribution in [2.45, 2.75) is 64.2 Å². The van der Waals surface area contributed by atoms with Crippen molar-refractivity contribution in [1.82, 2.24) is 10.1 Å². The Morgan fingerprint density at radius 1 is 1.38 bits per heavy atom. The lowest BCUT2D eigenvalue weighted by molar-refractivity contribution is -0.145. The van der Waals surface area contributed by atoms with Gasteiger partial charge in [-0.1, -0.05) is 24.9 Å². The average molecular weight is 292 g/mol. The van der Waals surface area contributed by atoms with Crippen molar-refractivity contribution in [3.63, 3.8) is 0 Å². The molecule has 0 aliphatic heterocycles. The maximum atomic E-state index is 12.0. The van der Waals surface area contributed by atoms with E-state index >= 15 is 0 Å². The lowest BCUT2D eigenvalue weighted by atomic mass is 9.88. The molecule has 0 saturated heterocycles. The Kier molecular flexibility index (Phi) is 4.27. The fraction of sp³-hybridized carbons (Fsp3) is 0.812. The van der Waals surface area contributed by atoms with Crippen LogP contribution in [0.4, 0.5) is 0 Å². The van der Waals surface area contributed by atoms with E-state index in [4.69, 9.17) is 9.26 Å². The molecule has 2 bridgehead atoms. The molecule has 0 spiro atoms. The fourth-order valence-corrected chi connectivity index (χ4v) is 3.97. The van der Waals surface area contributed by atoms with Crippen molar-refractivity contribution in [2.24, 2.45) is 11.8 Å². The van der Waals surface area contributed by atoms with Crippen LogP contribution >= 0.6 is 0 Å². The number of hydrogen-bond acceptors (Lipinski definition) is 5. The molecule has 1 aromatic heterocycles. The number of carbonyl (C=O) groups excluding carboxylic acids is 1. The highest BCUT2D eigenvalue weighted by molar-refractivity contribution is 5.76. The summed E-state index contributed by atoms with van der Waals surface area (Å²) in [6.07, 6.45) is 6.71. The lowest BCUT2D eigenvalue weighted by Crippen LogP contribution is -2.17. The van der Waals surface area contributed by atoms with E-state index in [1.165, 1.54) is 25.7 Å². The molecule has 4 atom stereocenters. The normalized spacial score (nSPS) is 28.8. The van der Waals surface area contributed by atoms with Crippen molar-refractivity contribution in [3.8, 4) is 0 Å². The van der Waals surface area contributed by atoms with Crippen LogP contribution in [-0.2, 0) is 9.53 Å². The summed E-state index contributed by atoms with van der Waals surface area (Å²) in [6, 6.07) is 0. The lowest BCUT2D eigenvalue weighted by Gasteiger charge is -2.17. The second kappa shape index (κ2) is 6.16. The van der Waals surface area contributed by atoms with Gasteiger partial charge in [-0.2, -0.15) is 4.98 Å². The van der Waals surface area contributed by atoms with Crippen molar-refractivity contribution < 1.29 is 14.1 Å². The van der Waals surface area contributed by atoms with E-state index < -0.39 is 5.92 Å². The van der Waals surface area contributed by atoms with Gasteiger partial charge in [0.2, 0.25) is 5.89 Å². The van der Waals surface area contributed by atoms with Crippen LogP contribution in [0.5, 0.6) is 0 Å². The van der Waals surface area contributed by atoms with E-state index in [0.717, 1.165) is 18.2 Å². The summed E-state index contributed by atoms with van der Waals surface area (Å²) in [5.41, 5.74) is 0. The molecule has 1 heterocycles. The number of aromatic nitrogens is 2. The number of ether oxygens (including phenoxy) is 1. The molecular weight excluding hydrogens is 268 g/mol. The smallest absolute Gasteiger partial charge is 0.318 e. The van der Waals surface area contributed by atoms with E-state index in [-0.39, 0.29) is 5.97 Å². The molecule has 0 N–H and O–H groups in total. The van der Waals surface area contributed by atoms with E-state index in [2.05, 4.69) is 10.1 Å². The molecule has 1 aromatic rings. The van der Waals surface area contributed by atoms with Gasteiger partial charge < -0.3 is 9.26 Å². The molecule has 0 radical (unpaired) electrons. The molecular formula is C16H24N2O3. The Morgan fingerprint density at radius 2 is 2.24 bits per heavy atom. The molecule has 0 amide bonds. The summed E-state index contributed by atoms with van der Waals surface area (Å²) in [6.45, 7) is 4.24. The number of fused-ring (bicyclic) bond motifs is 2. The number of rotatable bonds is 6. The van der Waals surface area contributed by atoms with Gasteiger partial charge in [-0.3, -0.25) is 4.79 Å². The topological polar surface area (TPSA) is 65.2 Å². The van der Waals surface area contributed by atoms with Gasteiger partial charge in [0, 0.05) is 5.92 Å². The highest BCUT2D eigenvalue weighted by atomic mass is 16.5. The summed E-state index contributed by atoms with van der Waals surface area (Å²) in [7, 11) is 0. The van der Waals surface area contributed by atoms with Gasteiger partial charge in [0.05, 0.1) is 6.61 Å². The Hall–Kier alpha value is -1.39. The van der Waals surface area contributed by atoms with Crippen LogP contribution in [0.1, 0.15) is 75.9 Å². The van der Waals surface area contributed by atoms with Crippen LogP contribution < -0.4 is 0 Å². The molecule has 5 heteroatoms. The van der Waals surface area contributed by atoms with Crippen LogP contribution in [-0.4, -0.2) is 22.7 Å². The molecule has 2 fully saturated rings. The van der Waals surface area contributed by atoms with E-state index in [0.29, 0.717) is 30.8 Å². The third-order valence-corrected chi connectivity index (χ3v) is 4.97. The van der Waals surface area contributed by atoms with Crippen LogP contribution in [0, 0.1) is 11.8 Å². The van der Waals surface area contributed by atoms with Crippen LogP contribution in [0.2, 0.25) is 0 Å². The van der Waals surface area contributed by atoms with Crippen molar-refractivity contribution in [1.29, 1.82) is 0 Å². The predicted octanol–water partition coefficient (Wildman–Crippen LogP) is 3.42. The number of carbonyl (C=O) groups is 1. The van der Waals surface area contributed by atoms with Gasteiger partial charge in [0.15, 0.2) is 5.82 Å². The fourth-order valence-electron chi connectivity index (χ4n) is 3.97. The van der Waals surface area contributed by atoms with Crippen LogP contribution in [0.15, 0.2) is 4.52 Å².